The van der Waals surface area contributed by atoms with Crippen molar-refractivity contribution in [1.29, 1.82) is 0 Å². The van der Waals surface area contributed by atoms with Crippen LogP contribution in [0.15, 0.2) is 24.5 Å². The summed E-state index contributed by atoms with van der Waals surface area (Å²) < 4.78 is 0. The number of aromatic nitrogens is 3. The molecule has 6 nitrogen and oxygen atoms in total. The van der Waals surface area contributed by atoms with E-state index in [1.807, 2.05) is 13.0 Å². The molecule has 0 amide bonds. The summed E-state index contributed by atoms with van der Waals surface area (Å²) in [6.45, 7) is 3.45. The summed E-state index contributed by atoms with van der Waals surface area (Å²) in [5.41, 5.74) is 7.66. The Morgan fingerprint density at radius 3 is 2.83 bits per heavy atom. The van der Waals surface area contributed by atoms with Gasteiger partial charge in [-0.2, -0.15) is 5.10 Å². The van der Waals surface area contributed by atoms with E-state index in [4.69, 9.17) is 5.73 Å². The molecule has 0 saturated carbocycles. The molecule has 1 aromatic carbocycles. The first-order chi connectivity index (χ1) is 8.58. The van der Waals surface area contributed by atoms with E-state index in [0.29, 0.717) is 11.3 Å². The third-order valence-corrected chi connectivity index (χ3v) is 2.66. The molecular formula is C12H15N5O. The quantitative estimate of drug-likeness (QED) is 0.563. The van der Waals surface area contributed by atoms with Crippen molar-refractivity contribution >= 4 is 17.2 Å². The highest BCUT2D eigenvalue weighted by atomic mass is 16.1. The summed E-state index contributed by atoms with van der Waals surface area (Å²) in [5, 5.41) is 9.81. The molecule has 0 radical (unpaired) electrons. The summed E-state index contributed by atoms with van der Waals surface area (Å²) in [4.78, 5) is 15.3. The van der Waals surface area contributed by atoms with E-state index in [1.54, 1.807) is 12.1 Å². The van der Waals surface area contributed by atoms with Crippen LogP contribution in [0, 0.1) is 0 Å². The molecule has 18 heavy (non-hydrogen) atoms. The molecule has 0 saturated heterocycles. The number of carbonyl (C=O) groups excluding carboxylic acids is 1. The minimum absolute atomic E-state index is 0.0184. The van der Waals surface area contributed by atoms with Gasteiger partial charge in [0.15, 0.2) is 5.78 Å². The molecule has 1 unspecified atom stereocenters. The molecule has 0 aliphatic carbocycles. The summed E-state index contributed by atoms with van der Waals surface area (Å²) in [6.07, 6.45) is 1.46. The average Bonchev–Trinajstić information content (AvgIpc) is 2.81. The van der Waals surface area contributed by atoms with E-state index < -0.39 is 0 Å². The van der Waals surface area contributed by atoms with Crippen molar-refractivity contribution in [1.82, 2.24) is 15.2 Å². The second kappa shape index (κ2) is 4.87. The topological polar surface area (TPSA) is 96.7 Å². The molecule has 4 N–H and O–H groups in total. The van der Waals surface area contributed by atoms with Gasteiger partial charge in [-0.05, 0) is 32.0 Å². The Hall–Kier alpha value is -2.37. The van der Waals surface area contributed by atoms with Gasteiger partial charge in [0.2, 0.25) is 0 Å². The molecule has 2 aromatic rings. The highest BCUT2D eigenvalue weighted by molar-refractivity contribution is 5.99. The largest absolute Gasteiger partial charge is 0.398 e. The van der Waals surface area contributed by atoms with E-state index in [1.165, 1.54) is 13.3 Å². The molecule has 1 atom stereocenters. The zero-order chi connectivity index (χ0) is 13.1. The zero-order valence-corrected chi connectivity index (χ0v) is 10.3. The van der Waals surface area contributed by atoms with Gasteiger partial charge in [0.1, 0.15) is 12.2 Å². The lowest BCUT2D eigenvalue weighted by atomic mass is 10.1. The van der Waals surface area contributed by atoms with Gasteiger partial charge in [0.25, 0.3) is 0 Å². The lowest BCUT2D eigenvalue weighted by Crippen LogP contribution is -2.09. The Morgan fingerprint density at radius 2 is 2.28 bits per heavy atom. The standard InChI is InChI=1S/C12H15N5O/c1-7(12-14-6-15-17-12)16-9-3-4-10(8(2)18)11(13)5-9/h3-7,16H,13H2,1-2H3,(H,14,15,17). The first-order valence-corrected chi connectivity index (χ1v) is 5.60. The number of ketones is 1. The minimum atomic E-state index is -0.0395. The fourth-order valence-corrected chi connectivity index (χ4v) is 1.72. The van der Waals surface area contributed by atoms with E-state index in [0.717, 1.165) is 11.5 Å². The normalized spacial score (nSPS) is 12.1. The zero-order valence-electron chi connectivity index (χ0n) is 10.3. The number of hydrogen-bond acceptors (Lipinski definition) is 5. The van der Waals surface area contributed by atoms with Gasteiger partial charge in [-0.1, -0.05) is 0 Å². The number of nitrogen functional groups attached to an aromatic ring is 1. The lowest BCUT2D eigenvalue weighted by molar-refractivity contribution is 0.101. The number of anilines is 2. The van der Waals surface area contributed by atoms with Gasteiger partial charge in [-0.15, -0.1) is 0 Å². The Bertz CT molecular complexity index is 550. The molecular weight excluding hydrogens is 230 g/mol. The average molecular weight is 245 g/mol. The van der Waals surface area contributed by atoms with Gasteiger partial charge in [0, 0.05) is 16.9 Å². The van der Waals surface area contributed by atoms with E-state index in [-0.39, 0.29) is 11.8 Å². The van der Waals surface area contributed by atoms with Gasteiger partial charge in [0.05, 0.1) is 6.04 Å². The van der Waals surface area contributed by atoms with Gasteiger partial charge in [-0.3, -0.25) is 9.89 Å². The monoisotopic (exact) mass is 245 g/mol. The van der Waals surface area contributed by atoms with Crippen LogP contribution in [-0.4, -0.2) is 21.0 Å². The van der Waals surface area contributed by atoms with Crippen LogP contribution in [0.1, 0.15) is 36.1 Å². The highest BCUT2D eigenvalue weighted by Gasteiger charge is 2.10. The van der Waals surface area contributed by atoms with Crippen LogP contribution < -0.4 is 11.1 Å². The van der Waals surface area contributed by atoms with Crippen LogP contribution in [0.2, 0.25) is 0 Å². The van der Waals surface area contributed by atoms with Gasteiger partial charge >= 0.3 is 0 Å². The second-order valence-electron chi connectivity index (χ2n) is 4.09. The fraction of sp³-hybridized carbons (Fsp3) is 0.250. The maximum atomic E-state index is 11.3. The number of nitrogens with zero attached hydrogens (tertiary/aromatic N) is 2. The predicted molar refractivity (Wildman–Crippen MR) is 69.3 cm³/mol. The Labute approximate surface area is 105 Å². The first kappa shape index (κ1) is 12.1. The van der Waals surface area contributed by atoms with Crippen molar-refractivity contribution < 1.29 is 4.79 Å². The molecule has 1 heterocycles. The minimum Gasteiger partial charge on any atom is -0.398 e. The Kier molecular flexibility index (Phi) is 3.27. The number of Topliss-reactive ketones (excluding diaryl/α,β-unsaturated/α-hetero) is 1. The third-order valence-electron chi connectivity index (χ3n) is 2.66. The van der Waals surface area contributed by atoms with Crippen LogP contribution in [0.4, 0.5) is 11.4 Å². The molecule has 1 aromatic heterocycles. The van der Waals surface area contributed by atoms with Crippen molar-refractivity contribution in [2.45, 2.75) is 19.9 Å². The molecule has 0 aliphatic heterocycles. The fourth-order valence-electron chi connectivity index (χ4n) is 1.72. The van der Waals surface area contributed by atoms with Crippen molar-refractivity contribution in [3.63, 3.8) is 0 Å². The van der Waals surface area contributed by atoms with E-state index in [9.17, 15) is 4.79 Å². The predicted octanol–water partition coefficient (Wildman–Crippen LogP) is 1.76. The first-order valence-electron chi connectivity index (χ1n) is 5.60. The van der Waals surface area contributed by atoms with Gasteiger partial charge in [-0.25, -0.2) is 4.98 Å². The third kappa shape index (κ3) is 2.48. The summed E-state index contributed by atoms with van der Waals surface area (Å²) in [7, 11) is 0. The molecule has 94 valence electrons. The van der Waals surface area contributed by atoms with Crippen LogP contribution in [0.5, 0.6) is 0 Å². The van der Waals surface area contributed by atoms with Crippen LogP contribution in [-0.2, 0) is 0 Å². The summed E-state index contributed by atoms with van der Waals surface area (Å²) in [6, 6.07) is 5.26. The second-order valence-corrected chi connectivity index (χ2v) is 4.09. The number of benzene rings is 1. The number of nitrogens with two attached hydrogens (primary N) is 1. The van der Waals surface area contributed by atoms with Crippen LogP contribution in [0.3, 0.4) is 0 Å². The van der Waals surface area contributed by atoms with Crippen molar-refractivity contribution in [3.05, 3.63) is 35.9 Å². The van der Waals surface area contributed by atoms with Crippen LogP contribution >= 0.6 is 0 Å². The molecule has 0 aliphatic rings. The van der Waals surface area contributed by atoms with Gasteiger partial charge < -0.3 is 11.1 Å². The van der Waals surface area contributed by atoms with Crippen LogP contribution in [0.25, 0.3) is 0 Å². The number of rotatable bonds is 4. The smallest absolute Gasteiger partial charge is 0.161 e. The number of nitrogens with one attached hydrogen (secondary N) is 2. The molecule has 0 bridgehead atoms. The van der Waals surface area contributed by atoms with E-state index in [2.05, 4.69) is 20.5 Å². The number of carbonyl (C=O) groups is 1. The molecule has 0 spiro atoms. The Balaban J connectivity index is 2.15. The maximum Gasteiger partial charge on any atom is 0.161 e. The lowest BCUT2D eigenvalue weighted by Gasteiger charge is -2.13. The van der Waals surface area contributed by atoms with Crippen molar-refractivity contribution in [2.24, 2.45) is 0 Å². The van der Waals surface area contributed by atoms with Crippen molar-refractivity contribution in [2.75, 3.05) is 11.1 Å². The summed E-state index contributed by atoms with van der Waals surface area (Å²) >= 11 is 0. The molecule has 2 rings (SSSR count). The van der Waals surface area contributed by atoms with E-state index >= 15 is 0 Å². The number of hydrogen-bond donors (Lipinski definition) is 3. The highest BCUT2D eigenvalue weighted by Crippen LogP contribution is 2.21. The molecule has 6 heteroatoms. The number of aromatic amines is 1. The maximum absolute atomic E-state index is 11.3. The molecule has 0 fully saturated rings. The SMILES string of the molecule is CC(=O)c1ccc(NC(C)c2ncn[nH]2)cc1N. The number of H-pyrrole nitrogens is 1. The van der Waals surface area contributed by atoms with Crippen molar-refractivity contribution in [3.8, 4) is 0 Å². The summed E-state index contributed by atoms with van der Waals surface area (Å²) in [5.74, 6) is 0.701. The Morgan fingerprint density at radius 1 is 1.50 bits per heavy atom.